The molecule has 5 heteroatoms. The van der Waals surface area contributed by atoms with Crippen molar-refractivity contribution in [2.24, 2.45) is 5.92 Å². The Balaban J connectivity index is 1.78. The van der Waals surface area contributed by atoms with E-state index >= 15 is 0 Å². The highest BCUT2D eigenvalue weighted by molar-refractivity contribution is 6.05. The minimum atomic E-state index is -0.329. The molecule has 2 fully saturated rings. The van der Waals surface area contributed by atoms with Crippen LogP contribution in [0.3, 0.4) is 0 Å². The number of benzene rings is 1. The minimum absolute atomic E-state index is 0.100. The van der Waals surface area contributed by atoms with Gasteiger partial charge in [-0.05, 0) is 48.8 Å². The predicted octanol–water partition coefficient (Wildman–Crippen LogP) is 2.88. The fraction of sp³-hybridized carbons (Fsp3) is 0.529. The summed E-state index contributed by atoms with van der Waals surface area (Å²) in [7, 11) is 0. The highest BCUT2D eigenvalue weighted by Crippen LogP contribution is 2.43. The third-order valence-electron chi connectivity index (χ3n) is 5.37. The Labute approximate surface area is 128 Å². The number of amides is 3. The Morgan fingerprint density at radius 2 is 2.05 bits per heavy atom. The molecular formula is C17H19FN2O2. The molecule has 2 heterocycles. The first kappa shape index (κ1) is 13.7. The Bertz CT molecular complexity index is 638. The molecule has 3 aliphatic rings. The number of rotatable bonds is 1. The average Bonchev–Trinajstić information content (AvgIpc) is 3.06. The van der Waals surface area contributed by atoms with Gasteiger partial charge in [0.1, 0.15) is 11.9 Å². The normalized spacial score (nSPS) is 30.7. The van der Waals surface area contributed by atoms with Crippen molar-refractivity contribution in [3.05, 3.63) is 35.1 Å². The largest absolute Gasteiger partial charge is 0.328 e. The maximum absolute atomic E-state index is 14.1. The summed E-state index contributed by atoms with van der Waals surface area (Å²) >= 11 is 0. The number of hydrogen-bond donors (Lipinski definition) is 0. The summed E-state index contributed by atoms with van der Waals surface area (Å²) in [6.45, 7) is 2.70. The molecule has 0 N–H and O–H groups in total. The van der Waals surface area contributed by atoms with Crippen LogP contribution in [0.25, 0.3) is 0 Å². The van der Waals surface area contributed by atoms with E-state index in [0.29, 0.717) is 18.5 Å². The van der Waals surface area contributed by atoms with Gasteiger partial charge in [-0.25, -0.2) is 9.18 Å². The molecule has 1 aliphatic carbocycles. The van der Waals surface area contributed by atoms with Gasteiger partial charge in [-0.3, -0.25) is 9.69 Å². The lowest BCUT2D eigenvalue weighted by atomic mass is 9.79. The van der Waals surface area contributed by atoms with Gasteiger partial charge in [-0.15, -0.1) is 0 Å². The van der Waals surface area contributed by atoms with Crippen LogP contribution in [0.4, 0.5) is 9.18 Å². The van der Waals surface area contributed by atoms with E-state index in [-0.39, 0.29) is 35.8 Å². The lowest BCUT2D eigenvalue weighted by Gasteiger charge is -2.36. The Morgan fingerprint density at radius 1 is 1.23 bits per heavy atom. The molecule has 0 aromatic heterocycles. The Kier molecular flexibility index (Phi) is 2.99. The van der Waals surface area contributed by atoms with Crippen LogP contribution < -0.4 is 0 Å². The zero-order valence-electron chi connectivity index (χ0n) is 12.6. The van der Waals surface area contributed by atoms with Crippen molar-refractivity contribution in [3.63, 3.8) is 0 Å². The van der Waals surface area contributed by atoms with Gasteiger partial charge >= 0.3 is 6.03 Å². The van der Waals surface area contributed by atoms with Gasteiger partial charge in [0.15, 0.2) is 0 Å². The maximum atomic E-state index is 14.1. The molecule has 116 valence electrons. The number of carbonyl (C=O) groups excluding carboxylic acids is 2. The first-order valence-electron chi connectivity index (χ1n) is 8.00. The van der Waals surface area contributed by atoms with Gasteiger partial charge < -0.3 is 4.90 Å². The van der Waals surface area contributed by atoms with Crippen molar-refractivity contribution in [1.29, 1.82) is 0 Å². The Hall–Kier alpha value is -1.91. The van der Waals surface area contributed by atoms with E-state index in [1.165, 1.54) is 11.0 Å². The Morgan fingerprint density at radius 3 is 2.82 bits per heavy atom. The summed E-state index contributed by atoms with van der Waals surface area (Å²) in [6, 6.07) is 4.18. The van der Waals surface area contributed by atoms with E-state index in [1.807, 2.05) is 13.0 Å². The van der Waals surface area contributed by atoms with E-state index in [9.17, 15) is 14.0 Å². The van der Waals surface area contributed by atoms with Crippen molar-refractivity contribution >= 4 is 11.9 Å². The molecule has 4 nitrogen and oxygen atoms in total. The molecule has 0 unspecified atom stereocenters. The molecule has 4 rings (SSSR count). The fourth-order valence-electron chi connectivity index (χ4n) is 4.25. The second-order valence-electron chi connectivity index (χ2n) is 6.61. The zero-order chi connectivity index (χ0) is 15.4. The fourth-order valence-corrected chi connectivity index (χ4v) is 4.25. The van der Waals surface area contributed by atoms with E-state index in [2.05, 4.69) is 0 Å². The SMILES string of the molecule is C[C@@H]1CCc2c(F)cccc2[C@@H]1N1C(=O)[C@H]2CCCN2C1=O. The minimum Gasteiger partial charge on any atom is -0.312 e. The van der Waals surface area contributed by atoms with Crippen LogP contribution >= 0.6 is 0 Å². The van der Waals surface area contributed by atoms with Crippen LogP contribution in [-0.4, -0.2) is 34.3 Å². The zero-order valence-corrected chi connectivity index (χ0v) is 12.6. The quantitative estimate of drug-likeness (QED) is 0.748. The van der Waals surface area contributed by atoms with Crippen molar-refractivity contribution in [3.8, 4) is 0 Å². The third kappa shape index (κ3) is 1.74. The van der Waals surface area contributed by atoms with Crippen molar-refractivity contribution in [2.45, 2.75) is 44.7 Å². The van der Waals surface area contributed by atoms with Crippen LogP contribution in [-0.2, 0) is 11.2 Å². The smallest absolute Gasteiger partial charge is 0.312 e. The maximum Gasteiger partial charge on any atom is 0.328 e. The second kappa shape index (κ2) is 4.80. The molecule has 2 saturated heterocycles. The number of hydrogen-bond acceptors (Lipinski definition) is 2. The summed E-state index contributed by atoms with van der Waals surface area (Å²) in [5, 5.41) is 0. The van der Waals surface area contributed by atoms with Crippen LogP contribution in [0, 0.1) is 11.7 Å². The summed E-state index contributed by atoms with van der Waals surface area (Å²) in [4.78, 5) is 28.5. The first-order chi connectivity index (χ1) is 10.6. The highest BCUT2D eigenvalue weighted by Gasteiger charge is 2.51. The number of urea groups is 1. The number of imide groups is 1. The van der Waals surface area contributed by atoms with Crippen LogP contribution in [0.2, 0.25) is 0 Å². The molecule has 0 bridgehead atoms. The number of carbonyl (C=O) groups is 2. The van der Waals surface area contributed by atoms with Gasteiger partial charge in [0, 0.05) is 6.54 Å². The molecule has 0 saturated carbocycles. The standard InChI is InChI=1S/C17H19FN2O2/c1-10-7-8-11-12(4-2-5-13(11)18)15(10)20-16(21)14-6-3-9-19(14)17(20)22/h2,4-5,10,14-15H,3,6-9H2,1H3/t10-,14-,15-/m1/s1. The van der Waals surface area contributed by atoms with Crippen LogP contribution in [0.1, 0.15) is 43.4 Å². The summed E-state index contributed by atoms with van der Waals surface area (Å²) in [6.07, 6.45) is 3.10. The first-order valence-corrected chi connectivity index (χ1v) is 8.00. The molecule has 1 aromatic carbocycles. The van der Waals surface area contributed by atoms with E-state index in [0.717, 1.165) is 24.8 Å². The van der Waals surface area contributed by atoms with E-state index < -0.39 is 0 Å². The molecule has 22 heavy (non-hydrogen) atoms. The monoisotopic (exact) mass is 302 g/mol. The number of halogens is 1. The van der Waals surface area contributed by atoms with Gasteiger partial charge in [-0.2, -0.15) is 0 Å². The van der Waals surface area contributed by atoms with Crippen LogP contribution in [0.15, 0.2) is 18.2 Å². The predicted molar refractivity (Wildman–Crippen MR) is 78.6 cm³/mol. The van der Waals surface area contributed by atoms with Crippen molar-refractivity contribution < 1.29 is 14.0 Å². The molecule has 0 spiro atoms. The lowest BCUT2D eigenvalue weighted by molar-refractivity contribution is -0.130. The number of nitrogens with zero attached hydrogens (tertiary/aromatic N) is 2. The van der Waals surface area contributed by atoms with Crippen molar-refractivity contribution in [2.75, 3.05) is 6.54 Å². The topological polar surface area (TPSA) is 40.6 Å². The van der Waals surface area contributed by atoms with Gasteiger partial charge in [0.2, 0.25) is 0 Å². The molecule has 3 atom stereocenters. The van der Waals surface area contributed by atoms with Crippen molar-refractivity contribution in [1.82, 2.24) is 9.80 Å². The molecule has 0 radical (unpaired) electrons. The summed E-state index contributed by atoms with van der Waals surface area (Å²) in [5.74, 6) is -0.173. The second-order valence-corrected chi connectivity index (χ2v) is 6.61. The van der Waals surface area contributed by atoms with Gasteiger partial charge in [-0.1, -0.05) is 19.1 Å². The molecule has 1 aromatic rings. The molecule has 2 aliphatic heterocycles. The lowest BCUT2D eigenvalue weighted by Crippen LogP contribution is -2.41. The van der Waals surface area contributed by atoms with Crippen LogP contribution in [0.5, 0.6) is 0 Å². The molecule has 3 amide bonds. The summed E-state index contributed by atoms with van der Waals surface area (Å²) in [5.41, 5.74) is 1.47. The van der Waals surface area contributed by atoms with E-state index in [4.69, 9.17) is 0 Å². The van der Waals surface area contributed by atoms with Gasteiger partial charge in [0.25, 0.3) is 5.91 Å². The highest BCUT2D eigenvalue weighted by atomic mass is 19.1. The average molecular weight is 302 g/mol. The van der Waals surface area contributed by atoms with Gasteiger partial charge in [0.05, 0.1) is 6.04 Å². The van der Waals surface area contributed by atoms with E-state index in [1.54, 1.807) is 11.0 Å². The summed E-state index contributed by atoms with van der Waals surface area (Å²) < 4.78 is 14.1. The number of fused-ring (bicyclic) bond motifs is 2. The third-order valence-corrected chi connectivity index (χ3v) is 5.37. The molecular weight excluding hydrogens is 283 g/mol.